The first kappa shape index (κ1) is 23.6. The molecule has 0 radical (unpaired) electrons. The standard InChI is InChI=1S/C27H32N8O2/c1-5-37-22-13-19(24-33-32-18(3)34(24)4)6-7-21(22)30-26-28-14-20-12-17(2)29-25(23(20)31-26)35-10-8-27(15-35)9-11-36-16-27/h6-7,12-14H,5,8-11,15-16H2,1-4H3,(H,28,30,31). The van der Waals surface area contributed by atoms with Crippen molar-refractivity contribution in [3.63, 3.8) is 0 Å². The van der Waals surface area contributed by atoms with E-state index in [-0.39, 0.29) is 5.41 Å². The molecule has 0 bridgehead atoms. The summed E-state index contributed by atoms with van der Waals surface area (Å²) in [6.45, 7) is 10.0. The van der Waals surface area contributed by atoms with Gasteiger partial charge < -0.3 is 24.3 Å². The Morgan fingerprint density at radius 1 is 1.14 bits per heavy atom. The van der Waals surface area contributed by atoms with Crippen LogP contribution >= 0.6 is 0 Å². The van der Waals surface area contributed by atoms with Crippen LogP contribution < -0.4 is 15.0 Å². The minimum atomic E-state index is 0.237. The lowest BCUT2D eigenvalue weighted by Gasteiger charge is -2.23. The van der Waals surface area contributed by atoms with E-state index in [4.69, 9.17) is 19.4 Å². The maximum absolute atomic E-state index is 5.97. The molecule has 0 amide bonds. The second-order valence-corrected chi connectivity index (χ2v) is 10.1. The lowest BCUT2D eigenvalue weighted by molar-refractivity contribution is 0.160. The van der Waals surface area contributed by atoms with Gasteiger partial charge in [0.05, 0.1) is 18.9 Å². The predicted octanol–water partition coefficient (Wildman–Crippen LogP) is 4.20. The van der Waals surface area contributed by atoms with Gasteiger partial charge in [0.1, 0.15) is 17.1 Å². The summed E-state index contributed by atoms with van der Waals surface area (Å²) in [5, 5.41) is 12.8. The summed E-state index contributed by atoms with van der Waals surface area (Å²) in [5.74, 6) is 3.76. The highest BCUT2D eigenvalue weighted by molar-refractivity contribution is 5.89. The second-order valence-electron chi connectivity index (χ2n) is 10.1. The minimum Gasteiger partial charge on any atom is -0.492 e. The zero-order valence-electron chi connectivity index (χ0n) is 21.8. The molecular formula is C27H32N8O2. The Hall–Kier alpha value is -3.79. The fourth-order valence-corrected chi connectivity index (χ4v) is 5.34. The molecular weight excluding hydrogens is 468 g/mol. The summed E-state index contributed by atoms with van der Waals surface area (Å²) < 4.78 is 13.7. The third-order valence-corrected chi connectivity index (χ3v) is 7.48. The second kappa shape index (κ2) is 9.26. The van der Waals surface area contributed by atoms with E-state index in [1.807, 2.05) is 62.8 Å². The summed E-state index contributed by atoms with van der Waals surface area (Å²) in [6.07, 6.45) is 4.10. The summed E-state index contributed by atoms with van der Waals surface area (Å²) in [7, 11) is 1.95. The van der Waals surface area contributed by atoms with Crippen LogP contribution in [0.1, 0.15) is 31.3 Å². The lowest BCUT2D eigenvalue weighted by Crippen LogP contribution is -2.28. The van der Waals surface area contributed by atoms with Gasteiger partial charge in [-0.2, -0.15) is 0 Å². The molecule has 6 rings (SSSR count). The summed E-state index contributed by atoms with van der Waals surface area (Å²) in [5.41, 5.74) is 3.76. The zero-order chi connectivity index (χ0) is 25.6. The molecule has 2 saturated heterocycles. The van der Waals surface area contributed by atoms with Crippen LogP contribution in [-0.4, -0.2) is 62.6 Å². The van der Waals surface area contributed by atoms with E-state index in [1.165, 1.54) is 0 Å². The van der Waals surface area contributed by atoms with Crippen LogP contribution in [0.3, 0.4) is 0 Å². The van der Waals surface area contributed by atoms with Crippen molar-refractivity contribution in [1.29, 1.82) is 0 Å². The molecule has 1 N–H and O–H groups in total. The van der Waals surface area contributed by atoms with E-state index in [1.54, 1.807) is 0 Å². The van der Waals surface area contributed by atoms with Crippen LogP contribution in [-0.2, 0) is 11.8 Å². The highest BCUT2D eigenvalue weighted by Crippen LogP contribution is 2.41. The number of aryl methyl sites for hydroxylation is 2. The monoisotopic (exact) mass is 500 g/mol. The first-order chi connectivity index (χ1) is 17.9. The van der Waals surface area contributed by atoms with Gasteiger partial charge in [-0.1, -0.05) is 0 Å². The zero-order valence-corrected chi connectivity index (χ0v) is 21.8. The molecule has 5 heterocycles. The number of hydrogen-bond donors (Lipinski definition) is 1. The van der Waals surface area contributed by atoms with E-state index in [0.717, 1.165) is 84.5 Å². The number of fused-ring (bicyclic) bond motifs is 1. The number of nitrogens with one attached hydrogen (secondary N) is 1. The van der Waals surface area contributed by atoms with E-state index in [9.17, 15) is 0 Å². The molecule has 2 aliphatic heterocycles. The topological polar surface area (TPSA) is 103 Å². The number of hydrogen-bond acceptors (Lipinski definition) is 9. The van der Waals surface area contributed by atoms with Crippen molar-refractivity contribution in [3.05, 3.63) is 42.0 Å². The molecule has 192 valence electrons. The van der Waals surface area contributed by atoms with Crippen molar-refractivity contribution >= 4 is 28.4 Å². The van der Waals surface area contributed by atoms with Crippen LogP contribution in [0.25, 0.3) is 22.3 Å². The number of ether oxygens (including phenoxy) is 2. The molecule has 1 unspecified atom stereocenters. The van der Waals surface area contributed by atoms with Gasteiger partial charge in [0.25, 0.3) is 0 Å². The van der Waals surface area contributed by atoms with Gasteiger partial charge in [-0.25, -0.2) is 15.0 Å². The summed E-state index contributed by atoms with van der Waals surface area (Å²) in [4.78, 5) is 16.8. The molecule has 0 aliphatic carbocycles. The molecule has 3 aromatic heterocycles. The maximum atomic E-state index is 5.97. The molecule has 0 saturated carbocycles. The van der Waals surface area contributed by atoms with Crippen LogP contribution in [0.4, 0.5) is 17.5 Å². The number of anilines is 3. The first-order valence-electron chi connectivity index (χ1n) is 12.8. The fourth-order valence-electron chi connectivity index (χ4n) is 5.34. The van der Waals surface area contributed by atoms with E-state index < -0.39 is 0 Å². The van der Waals surface area contributed by atoms with Crippen molar-refractivity contribution in [2.75, 3.05) is 43.1 Å². The molecule has 4 aromatic rings. The summed E-state index contributed by atoms with van der Waals surface area (Å²) in [6, 6.07) is 7.98. The van der Waals surface area contributed by atoms with Gasteiger partial charge in [-0.15, -0.1) is 10.2 Å². The lowest BCUT2D eigenvalue weighted by atomic mass is 9.87. The molecule has 1 atom stereocenters. The average molecular weight is 501 g/mol. The van der Waals surface area contributed by atoms with Gasteiger partial charge in [-0.05, 0) is 57.9 Å². The van der Waals surface area contributed by atoms with Crippen molar-refractivity contribution < 1.29 is 9.47 Å². The largest absolute Gasteiger partial charge is 0.492 e. The maximum Gasteiger partial charge on any atom is 0.227 e. The summed E-state index contributed by atoms with van der Waals surface area (Å²) >= 11 is 0. The number of nitrogens with zero attached hydrogens (tertiary/aromatic N) is 7. The molecule has 2 fully saturated rings. The van der Waals surface area contributed by atoms with Gasteiger partial charge in [0.15, 0.2) is 11.6 Å². The number of benzene rings is 1. The highest BCUT2D eigenvalue weighted by Gasteiger charge is 2.42. The minimum absolute atomic E-state index is 0.237. The quantitative estimate of drug-likeness (QED) is 0.417. The van der Waals surface area contributed by atoms with E-state index in [0.29, 0.717) is 18.3 Å². The first-order valence-corrected chi connectivity index (χ1v) is 12.8. The van der Waals surface area contributed by atoms with E-state index in [2.05, 4.69) is 25.4 Å². The fraction of sp³-hybridized carbons (Fsp3) is 0.444. The Bertz CT molecular complexity index is 1460. The Kier molecular flexibility index (Phi) is 5.91. The van der Waals surface area contributed by atoms with Gasteiger partial charge >= 0.3 is 0 Å². The van der Waals surface area contributed by atoms with Crippen LogP contribution in [0.15, 0.2) is 30.5 Å². The van der Waals surface area contributed by atoms with Crippen LogP contribution in [0.2, 0.25) is 0 Å². The number of pyridine rings is 1. The van der Waals surface area contributed by atoms with Gasteiger partial charge in [0, 0.05) is 55.0 Å². The number of aromatic nitrogens is 6. The predicted molar refractivity (Wildman–Crippen MR) is 142 cm³/mol. The van der Waals surface area contributed by atoms with Crippen LogP contribution in [0, 0.1) is 19.3 Å². The Labute approximate surface area is 216 Å². The van der Waals surface area contributed by atoms with Crippen molar-refractivity contribution in [1.82, 2.24) is 29.7 Å². The molecule has 1 spiro atoms. The molecule has 2 aliphatic rings. The van der Waals surface area contributed by atoms with Gasteiger partial charge in [0.2, 0.25) is 5.95 Å². The third kappa shape index (κ3) is 4.35. The molecule has 37 heavy (non-hydrogen) atoms. The molecule has 1 aromatic carbocycles. The highest BCUT2D eigenvalue weighted by atomic mass is 16.5. The molecule has 10 nitrogen and oxygen atoms in total. The van der Waals surface area contributed by atoms with Gasteiger partial charge in [-0.3, -0.25) is 0 Å². The van der Waals surface area contributed by atoms with Crippen molar-refractivity contribution in [2.45, 2.75) is 33.6 Å². The smallest absolute Gasteiger partial charge is 0.227 e. The third-order valence-electron chi connectivity index (χ3n) is 7.48. The van der Waals surface area contributed by atoms with Crippen LogP contribution in [0.5, 0.6) is 5.75 Å². The Morgan fingerprint density at radius 2 is 2.03 bits per heavy atom. The Morgan fingerprint density at radius 3 is 2.78 bits per heavy atom. The van der Waals surface area contributed by atoms with Crippen molar-refractivity contribution in [2.24, 2.45) is 12.5 Å². The Balaban J connectivity index is 1.33. The average Bonchev–Trinajstić information content (AvgIpc) is 3.62. The SMILES string of the molecule is CCOc1cc(-c2nnc(C)n2C)ccc1Nc1ncc2cc(C)nc(N3CCC4(CCOC4)C3)c2n1. The number of rotatable bonds is 6. The van der Waals surface area contributed by atoms with E-state index >= 15 is 0 Å². The van der Waals surface area contributed by atoms with Crippen molar-refractivity contribution in [3.8, 4) is 17.1 Å². The normalized spacial score (nSPS) is 19.3. The molecule has 10 heteroatoms.